The zero-order chi connectivity index (χ0) is 9.80. The van der Waals surface area contributed by atoms with E-state index in [1.54, 1.807) is 6.92 Å². The summed E-state index contributed by atoms with van der Waals surface area (Å²) in [4.78, 5) is 4.02. The van der Waals surface area contributed by atoms with Crippen LogP contribution in [0.15, 0.2) is 34.9 Å². The molecule has 0 unspecified atom stereocenters. The van der Waals surface area contributed by atoms with E-state index < -0.39 is 0 Å². The number of ether oxygens (including phenoxy) is 1. The molecule has 0 spiro atoms. The van der Waals surface area contributed by atoms with Crippen molar-refractivity contribution in [1.82, 2.24) is 10.1 Å². The van der Waals surface area contributed by atoms with Crippen molar-refractivity contribution >= 4 is 0 Å². The lowest BCUT2D eigenvalue weighted by atomic mass is 10.3. The second-order valence-electron chi connectivity index (χ2n) is 2.84. The Balaban J connectivity index is 1.95. The predicted molar refractivity (Wildman–Crippen MR) is 49.8 cm³/mol. The first-order valence-corrected chi connectivity index (χ1v) is 4.31. The van der Waals surface area contributed by atoms with Crippen LogP contribution in [0.3, 0.4) is 0 Å². The van der Waals surface area contributed by atoms with Gasteiger partial charge in [-0.2, -0.15) is 4.98 Å². The summed E-state index contributed by atoms with van der Waals surface area (Å²) in [5.74, 6) is 1.91. The van der Waals surface area contributed by atoms with Gasteiger partial charge in [-0.3, -0.25) is 0 Å². The minimum Gasteiger partial charge on any atom is -0.484 e. The fraction of sp³-hybridized carbons (Fsp3) is 0.200. The van der Waals surface area contributed by atoms with Gasteiger partial charge in [0, 0.05) is 0 Å². The Kier molecular flexibility index (Phi) is 2.44. The zero-order valence-electron chi connectivity index (χ0n) is 7.80. The van der Waals surface area contributed by atoms with Crippen LogP contribution in [0.2, 0.25) is 0 Å². The molecule has 4 heteroatoms. The van der Waals surface area contributed by atoms with E-state index in [-0.39, 0.29) is 0 Å². The van der Waals surface area contributed by atoms with E-state index >= 15 is 0 Å². The maximum atomic E-state index is 5.41. The SMILES string of the molecule is Cc1noc(COc2ccccc2)n1. The molecule has 0 fully saturated rings. The minimum atomic E-state index is 0.310. The molecule has 2 aromatic rings. The molecule has 4 nitrogen and oxygen atoms in total. The standard InChI is InChI=1S/C10H10N2O2/c1-8-11-10(14-12-8)7-13-9-5-3-2-4-6-9/h2-6H,7H2,1H3. The Bertz CT molecular complexity index is 398. The van der Waals surface area contributed by atoms with Crippen LogP contribution in [-0.4, -0.2) is 10.1 Å². The summed E-state index contributed by atoms with van der Waals surface area (Å²) >= 11 is 0. The van der Waals surface area contributed by atoms with Crippen molar-refractivity contribution in [2.45, 2.75) is 13.5 Å². The number of nitrogens with zero attached hydrogens (tertiary/aromatic N) is 2. The van der Waals surface area contributed by atoms with Crippen molar-refractivity contribution in [2.75, 3.05) is 0 Å². The fourth-order valence-electron chi connectivity index (χ4n) is 1.06. The Morgan fingerprint density at radius 1 is 1.29 bits per heavy atom. The van der Waals surface area contributed by atoms with Crippen molar-refractivity contribution in [3.63, 3.8) is 0 Å². The third kappa shape index (κ3) is 2.10. The molecule has 0 saturated carbocycles. The summed E-state index contributed by atoms with van der Waals surface area (Å²) in [6, 6.07) is 9.51. The Morgan fingerprint density at radius 3 is 2.71 bits per heavy atom. The van der Waals surface area contributed by atoms with Crippen molar-refractivity contribution in [3.8, 4) is 5.75 Å². The van der Waals surface area contributed by atoms with Gasteiger partial charge in [-0.15, -0.1) is 0 Å². The molecule has 0 atom stereocenters. The zero-order valence-corrected chi connectivity index (χ0v) is 7.80. The number of aryl methyl sites for hydroxylation is 1. The van der Waals surface area contributed by atoms with Crippen LogP contribution < -0.4 is 4.74 Å². The van der Waals surface area contributed by atoms with Crippen LogP contribution >= 0.6 is 0 Å². The second-order valence-corrected chi connectivity index (χ2v) is 2.84. The Hall–Kier alpha value is -1.84. The van der Waals surface area contributed by atoms with Crippen LogP contribution in [0.4, 0.5) is 0 Å². The number of hydrogen-bond donors (Lipinski definition) is 0. The first-order valence-electron chi connectivity index (χ1n) is 4.31. The van der Waals surface area contributed by atoms with Crippen molar-refractivity contribution in [1.29, 1.82) is 0 Å². The fourth-order valence-corrected chi connectivity index (χ4v) is 1.06. The number of para-hydroxylation sites is 1. The van der Waals surface area contributed by atoms with Gasteiger partial charge < -0.3 is 9.26 Å². The smallest absolute Gasteiger partial charge is 0.264 e. The summed E-state index contributed by atoms with van der Waals surface area (Å²) in [5.41, 5.74) is 0. The molecule has 1 aromatic carbocycles. The quantitative estimate of drug-likeness (QED) is 0.742. The van der Waals surface area contributed by atoms with Crippen LogP contribution in [-0.2, 0) is 6.61 Å². The Labute approximate surface area is 81.5 Å². The highest BCUT2D eigenvalue weighted by atomic mass is 16.5. The molecule has 0 bridgehead atoms. The molecule has 0 aliphatic heterocycles. The van der Waals surface area contributed by atoms with Crippen molar-refractivity contribution in [3.05, 3.63) is 42.0 Å². The summed E-state index contributed by atoms with van der Waals surface area (Å²) in [6.07, 6.45) is 0. The van der Waals surface area contributed by atoms with Crippen molar-refractivity contribution < 1.29 is 9.26 Å². The van der Waals surface area contributed by atoms with E-state index in [1.807, 2.05) is 30.3 Å². The summed E-state index contributed by atoms with van der Waals surface area (Å²) in [7, 11) is 0. The molecule has 0 aliphatic rings. The Morgan fingerprint density at radius 2 is 2.07 bits per heavy atom. The maximum absolute atomic E-state index is 5.41. The van der Waals surface area contributed by atoms with E-state index in [1.165, 1.54) is 0 Å². The average Bonchev–Trinajstić information content (AvgIpc) is 2.63. The highest BCUT2D eigenvalue weighted by molar-refractivity contribution is 5.20. The highest BCUT2D eigenvalue weighted by Gasteiger charge is 2.02. The summed E-state index contributed by atoms with van der Waals surface area (Å²) in [6.45, 7) is 2.08. The van der Waals surface area contributed by atoms with E-state index in [2.05, 4.69) is 10.1 Å². The van der Waals surface area contributed by atoms with Crippen LogP contribution in [0, 0.1) is 6.92 Å². The lowest BCUT2D eigenvalue weighted by Gasteiger charge is -2.00. The molecule has 0 amide bonds. The average molecular weight is 190 g/mol. The van der Waals surface area contributed by atoms with E-state index in [0.29, 0.717) is 18.3 Å². The van der Waals surface area contributed by atoms with Crippen molar-refractivity contribution in [2.24, 2.45) is 0 Å². The van der Waals surface area contributed by atoms with Gasteiger partial charge in [0.15, 0.2) is 12.4 Å². The molecule has 0 radical (unpaired) electrons. The van der Waals surface area contributed by atoms with Gasteiger partial charge >= 0.3 is 0 Å². The molecule has 1 aromatic heterocycles. The molecule has 72 valence electrons. The van der Waals surface area contributed by atoms with Gasteiger partial charge in [-0.25, -0.2) is 0 Å². The molecule has 14 heavy (non-hydrogen) atoms. The van der Waals surface area contributed by atoms with Crippen LogP contribution in [0.1, 0.15) is 11.7 Å². The molecule has 0 aliphatic carbocycles. The van der Waals surface area contributed by atoms with E-state index in [0.717, 1.165) is 5.75 Å². The molecule has 1 heterocycles. The second kappa shape index (κ2) is 3.91. The maximum Gasteiger partial charge on any atom is 0.264 e. The predicted octanol–water partition coefficient (Wildman–Crippen LogP) is 1.96. The first-order chi connectivity index (χ1) is 6.84. The molecule has 2 rings (SSSR count). The lowest BCUT2D eigenvalue weighted by Crippen LogP contribution is -1.95. The van der Waals surface area contributed by atoms with Crippen LogP contribution in [0.5, 0.6) is 5.75 Å². The minimum absolute atomic E-state index is 0.310. The van der Waals surface area contributed by atoms with Crippen LogP contribution in [0.25, 0.3) is 0 Å². The number of benzene rings is 1. The summed E-state index contributed by atoms with van der Waals surface area (Å²) in [5, 5.41) is 3.66. The molecular weight excluding hydrogens is 180 g/mol. The van der Waals surface area contributed by atoms with Gasteiger partial charge in [0.05, 0.1) is 0 Å². The van der Waals surface area contributed by atoms with Gasteiger partial charge in [0.25, 0.3) is 5.89 Å². The number of rotatable bonds is 3. The van der Waals surface area contributed by atoms with Gasteiger partial charge in [0.2, 0.25) is 0 Å². The highest BCUT2D eigenvalue weighted by Crippen LogP contribution is 2.10. The van der Waals surface area contributed by atoms with Gasteiger partial charge in [-0.1, -0.05) is 23.4 Å². The summed E-state index contributed by atoms with van der Waals surface area (Å²) < 4.78 is 10.3. The van der Waals surface area contributed by atoms with Gasteiger partial charge in [-0.05, 0) is 19.1 Å². The molecule has 0 N–H and O–H groups in total. The van der Waals surface area contributed by atoms with Gasteiger partial charge in [0.1, 0.15) is 5.75 Å². The third-order valence-electron chi connectivity index (χ3n) is 1.68. The third-order valence-corrected chi connectivity index (χ3v) is 1.68. The molecular formula is C10H10N2O2. The first kappa shape index (κ1) is 8.74. The number of hydrogen-bond acceptors (Lipinski definition) is 4. The monoisotopic (exact) mass is 190 g/mol. The largest absolute Gasteiger partial charge is 0.484 e. The molecule has 0 saturated heterocycles. The normalized spacial score (nSPS) is 10.1. The van der Waals surface area contributed by atoms with E-state index in [9.17, 15) is 0 Å². The number of aromatic nitrogens is 2. The van der Waals surface area contributed by atoms with E-state index in [4.69, 9.17) is 9.26 Å². The lowest BCUT2D eigenvalue weighted by molar-refractivity contribution is 0.242. The topological polar surface area (TPSA) is 48.2 Å².